The van der Waals surface area contributed by atoms with E-state index >= 15 is 0 Å². The van der Waals surface area contributed by atoms with Gasteiger partial charge in [0.15, 0.2) is 0 Å². The average Bonchev–Trinajstić information content (AvgIpc) is 2.83. The molecule has 0 unspecified atom stereocenters. The normalized spacial score (nSPS) is 16.1. The number of ether oxygens (including phenoxy) is 1. The predicted octanol–water partition coefficient (Wildman–Crippen LogP) is 2.70. The fourth-order valence-electron chi connectivity index (χ4n) is 1.98. The zero-order chi connectivity index (χ0) is 12.1. The zero-order valence-electron chi connectivity index (χ0n) is 9.69. The lowest BCUT2D eigenvalue weighted by atomic mass is 10.2. The van der Waals surface area contributed by atoms with Gasteiger partial charge in [0.05, 0.1) is 0 Å². The molecule has 1 aromatic rings. The quantitative estimate of drug-likeness (QED) is 0.783. The fourth-order valence-corrected chi connectivity index (χ4v) is 2.25. The molecule has 3 nitrogen and oxygen atoms in total. The van der Waals surface area contributed by atoms with E-state index in [9.17, 15) is 4.79 Å². The second-order valence-corrected chi connectivity index (χ2v) is 4.92. The van der Waals surface area contributed by atoms with Crippen molar-refractivity contribution in [3.63, 3.8) is 0 Å². The summed E-state index contributed by atoms with van der Waals surface area (Å²) < 4.78 is 5.54. The van der Waals surface area contributed by atoms with E-state index in [0.29, 0.717) is 12.2 Å². The van der Waals surface area contributed by atoms with Crippen molar-refractivity contribution in [2.45, 2.75) is 12.8 Å². The number of nitrogens with zero attached hydrogens (tertiary/aromatic N) is 1. The average molecular weight is 298 g/mol. The van der Waals surface area contributed by atoms with E-state index < -0.39 is 0 Å². The third-order valence-electron chi connectivity index (χ3n) is 2.96. The molecule has 4 heteroatoms. The number of benzene rings is 1. The molecule has 0 amide bonds. The van der Waals surface area contributed by atoms with Crippen LogP contribution in [0.15, 0.2) is 24.3 Å². The van der Waals surface area contributed by atoms with Gasteiger partial charge in [0.25, 0.3) is 0 Å². The van der Waals surface area contributed by atoms with E-state index in [1.54, 1.807) is 12.1 Å². The molecule has 17 heavy (non-hydrogen) atoms. The maximum absolute atomic E-state index is 11.0. The molecule has 1 aliphatic rings. The van der Waals surface area contributed by atoms with E-state index in [4.69, 9.17) is 4.74 Å². The van der Waals surface area contributed by atoms with E-state index in [0.717, 1.165) is 12.3 Å². The van der Waals surface area contributed by atoms with Gasteiger partial charge >= 0.3 is 0 Å². The number of likely N-dealkylation sites (tertiary alicyclic amines) is 1. The largest absolute Gasteiger partial charge is 0.492 e. The summed E-state index contributed by atoms with van der Waals surface area (Å²) in [5, 5.41) is 0. The lowest BCUT2D eigenvalue weighted by Gasteiger charge is -2.14. The van der Waals surface area contributed by atoms with Crippen molar-refractivity contribution in [2.75, 3.05) is 26.2 Å². The fraction of sp³-hybridized carbons (Fsp3) is 0.462. The Balaban J connectivity index is 1.76. The van der Waals surface area contributed by atoms with Crippen molar-refractivity contribution in [3.05, 3.63) is 29.8 Å². The third-order valence-corrected chi connectivity index (χ3v) is 3.41. The maximum Gasteiger partial charge on any atom is 0.228 e. The van der Waals surface area contributed by atoms with Gasteiger partial charge < -0.3 is 4.74 Å². The number of halogens is 1. The van der Waals surface area contributed by atoms with Crippen molar-refractivity contribution in [1.82, 2.24) is 4.90 Å². The summed E-state index contributed by atoms with van der Waals surface area (Å²) in [5.74, 6) is 0.821. The van der Waals surface area contributed by atoms with Crippen LogP contribution in [0.3, 0.4) is 0 Å². The molecule has 1 aromatic carbocycles. The smallest absolute Gasteiger partial charge is 0.228 e. The molecule has 1 fully saturated rings. The highest BCUT2D eigenvalue weighted by molar-refractivity contribution is 9.18. The minimum atomic E-state index is -0.0962. The van der Waals surface area contributed by atoms with Crippen LogP contribution < -0.4 is 4.74 Å². The van der Waals surface area contributed by atoms with Gasteiger partial charge in [0.2, 0.25) is 4.69 Å². The van der Waals surface area contributed by atoms with Crippen LogP contribution in [0, 0.1) is 0 Å². The summed E-state index contributed by atoms with van der Waals surface area (Å²) in [6.07, 6.45) is 2.62. The van der Waals surface area contributed by atoms with E-state index in [2.05, 4.69) is 20.8 Å². The Morgan fingerprint density at radius 2 is 1.88 bits per heavy atom. The third kappa shape index (κ3) is 3.82. The van der Waals surface area contributed by atoms with Gasteiger partial charge in [-0.05, 0) is 66.1 Å². The van der Waals surface area contributed by atoms with Gasteiger partial charge in [0.1, 0.15) is 12.4 Å². The van der Waals surface area contributed by atoms with Crippen LogP contribution in [0.25, 0.3) is 0 Å². The summed E-state index contributed by atoms with van der Waals surface area (Å²) in [5.41, 5.74) is 0.650. The highest BCUT2D eigenvalue weighted by Gasteiger charge is 2.10. The van der Waals surface area contributed by atoms with Gasteiger partial charge in [-0.3, -0.25) is 9.69 Å². The molecule has 0 aliphatic carbocycles. The molecular formula is C13H16BrNO2. The second kappa shape index (κ2) is 6.17. The first-order valence-electron chi connectivity index (χ1n) is 5.91. The minimum absolute atomic E-state index is 0.0962. The Labute approximate surface area is 110 Å². The Kier molecular flexibility index (Phi) is 4.57. The predicted molar refractivity (Wildman–Crippen MR) is 70.9 cm³/mol. The molecule has 0 bridgehead atoms. The topological polar surface area (TPSA) is 29.5 Å². The second-order valence-electron chi connectivity index (χ2n) is 4.20. The van der Waals surface area contributed by atoms with Crippen LogP contribution in [0.5, 0.6) is 5.75 Å². The Bertz CT molecular complexity index is 372. The molecule has 1 aliphatic heterocycles. The van der Waals surface area contributed by atoms with Crippen LogP contribution in [0.1, 0.15) is 23.2 Å². The van der Waals surface area contributed by atoms with E-state index in [-0.39, 0.29) is 4.69 Å². The lowest BCUT2D eigenvalue weighted by molar-refractivity contribution is 0.109. The monoisotopic (exact) mass is 297 g/mol. The van der Waals surface area contributed by atoms with Crippen molar-refractivity contribution >= 4 is 20.6 Å². The van der Waals surface area contributed by atoms with Crippen LogP contribution in [0.2, 0.25) is 0 Å². The molecule has 0 saturated carbocycles. The number of carbonyl (C=O) groups excluding carboxylic acids is 1. The van der Waals surface area contributed by atoms with Crippen LogP contribution in [-0.4, -0.2) is 35.8 Å². The van der Waals surface area contributed by atoms with Crippen molar-refractivity contribution in [3.8, 4) is 5.75 Å². The zero-order valence-corrected chi connectivity index (χ0v) is 11.3. The van der Waals surface area contributed by atoms with Crippen LogP contribution in [0.4, 0.5) is 0 Å². The first-order valence-corrected chi connectivity index (χ1v) is 6.70. The number of carbonyl (C=O) groups is 1. The Morgan fingerprint density at radius 3 is 2.47 bits per heavy atom. The lowest BCUT2D eigenvalue weighted by Crippen LogP contribution is -2.25. The maximum atomic E-state index is 11.0. The minimum Gasteiger partial charge on any atom is -0.492 e. The van der Waals surface area contributed by atoms with Gasteiger partial charge in [-0.25, -0.2) is 0 Å². The highest BCUT2D eigenvalue weighted by Crippen LogP contribution is 2.14. The SMILES string of the molecule is O=C(Br)c1ccc(OCCN2CCCC2)cc1. The van der Waals surface area contributed by atoms with Gasteiger partial charge in [0, 0.05) is 12.1 Å². The van der Waals surface area contributed by atoms with Crippen molar-refractivity contribution < 1.29 is 9.53 Å². The first-order chi connectivity index (χ1) is 8.25. The number of hydrogen-bond donors (Lipinski definition) is 0. The Hall–Kier alpha value is -0.870. The van der Waals surface area contributed by atoms with Crippen molar-refractivity contribution in [1.29, 1.82) is 0 Å². The summed E-state index contributed by atoms with van der Waals surface area (Å²) in [6, 6.07) is 7.20. The molecule has 1 heterocycles. The molecule has 2 rings (SSSR count). The van der Waals surface area contributed by atoms with Gasteiger partial charge in [-0.1, -0.05) is 0 Å². The summed E-state index contributed by atoms with van der Waals surface area (Å²) in [4.78, 5) is 13.4. The summed E-state index contributed by atoms with van der Waals surface area (Å²) in [6.45, 7) is 4.08. The summed E-state index contributed by atoms with van der Waals surface area (Å²) in [7, 11) is 0. The first kappa shape index (κ1) is 12.6. The van der Waals surface area contributed by atoms with Crippen LogP contribution in [-0.2, 0) is 0 Å². The molecule has 1 saturated heterocycles. The number of hydrogen-bond acceptors (Lipinski definition) is 3. The van der Waals surface area contributed by atoms with Crippen molar-refractivity contribution in [2.24, 2.45) is 0 Å². The van der Waals surface area contributed by atoms with E-state index in [1.165, 1.54) is 25.9 Å². The standard InChI is InChI=1S/C13H16BrNO2/c14-13(16)11-3-5-12(6-4-11)17-10-9-15-7-1-2-8-15/h3-6H,1-2,7-10H2. The van der Waals surface area contributed by atoms with Gasteiger partial charge in [-0.15, -0.1) is 0 Å². The Morgan fingerprint density at radius 1 is 1.24 bits per heavy atom. The molecule has 0 spiro atoms. The summed E-state index contributed by atoms with van der Waals surface area (Å²) >= 11 is 2.92. The molecule has 0 N–H and O–H groups in total. The molecule has 0 radical (unpaired) electrons. The number of rotatable bonds is 5. The van der Waals surface area contributed by atoms with Crippen LogP contribution >= 0.6 is 15.9 Å². The molecule has 0 atom stereocenters. The highest BCUT2D eigenvalue weighted by atomic mass is 79.9. The molecule has 0 aromatic heterocycles. The molecule has 92 valence electrons. The van der Waals surface area contributed by atoms with E-state index in [1.807, 2.05) is 12.1 Å². The van der Waals surface area contributed by atoms with Gasteiger partial charge in [-0.2, -0.15) is 0 Å². The molecular weight excluding hydrogens is 282 g/mol.